The molecule has 0 saturated heterocycles. The number of nitrogens with one attached hydrogen (secondary N) is 1. The lowest BCUT2D eigenvalue weighted by molar-refractivity contribution is 0.0753. The number of rotatable bonds is 3. The first-order chi connectivity index (χ1) is 10.6. The molecule has 128 valence electrons. The smallest absolute Gasteiger partial charge is 0.256 e. The molecule has 0 spiro atoms. The lowest BCUT2D eigenvalue weighted by Crippen LogP contribution is -2.53. The maximum atomic E-state index is 12.7. The Kier molecular flexibility index (Phi) is 6.18. The van der Waals surface area contributed by atoms with Crippen LogP contribution in [-0.4, -0.2) is 25.1 Å². The fraction of sp³-hybridized carbons (Fsp3) is 0.588. The Hall–Kier alpha value is -0.970. The normalized spacial score (nSPS) is 29.3. The van der Waals surface area contributed by atoms with Gasteiger partial charge in [-0.3, -0.25) is 4.79 Å². The van der Waals surface area contributed by atoms with E-state index < -0.39 is 0 Å². The summed E-state index contributed by atoms with van der Waals surface area (Å²) in [6.07, 6.45) is 5.54. The number of amides is 1. The molecular formula is C17H24Cl2N2O2. The Morgan fingerprint density at radius 2 is 1.96 bits per heavy atom. The fourth-order valence-corrected chi connectivity index (χ4v) is 4.39. The standard InChI is InChI=1S/C17H23ClN2O2.ClH/c1-22-14-7-3-6-13(18)15(14)17(21)20-16-10-4-2-5-11(16)9-12(19)8-10;/h3,6-7,10-12,16H,2,4-5,8-9,19H2,1H3,(H,20,21);1H. The summed E-state index contributed by atoms with van der Waals surface area (Å²) in [5, 5.41) is 3.64. The minimum atomic E-state index is -0.139. The molecule has 23 heavy (non-hydrogen) atoms. The molecule has 2 aliphatic carbocycles. The van der Waals surface area contributed by atoms with Crippen LogP contribution in [0.2, 0.25) is 5.02 Å². The molecule has 3 rings (SSSR count). The highest BCUT2D eigenvalue weighted by atomic mass is 35.5. The zero-order valence-corrected chi connectivity index (χ0v) is 14.8. The summed E-state index contributed by atoms with van der Waals surface area (Å²) in [6.45, 7) is 0. The molecule has 6 heteroatoms. The zero-order chi connectivity index (χ0) is 15.7. The van der Waals surface area contributed by atoms with Crippen LogP contribution in [0.1, 0.15) is 42.5 Å². The molecule has 0 aromatic heterocycles. The molecule has 1 amide bonds. The summed E-state index contributed by atoms with van der Waals surface area (Å²) in [6, 6.07) is 5.75. The minimum Gasteiger partial charge on any atom is -0.496 e. The lowest BCUT2D eigenvalue weighted by Gasteiger charge is -2.45. The Bertz CT molecular complexity index is 554. The van der Waals surface area contributed by atoms with Crippen LogP contribution in [-0.2, 0) is 0 Å². The number of halogens is 2. The van der Waals surface area contributed by atoms with Gasteiger partial charge in [0.2, 0.25) is 0 Å². The Balaban J connectivity index is 0.00000192. The van der Waals surface area contributed by atoms with E-state index in [1.165, 1.54) is 6.42 Å². The number of nitrogens with two attached hydrogens (primary N) is 1. The molecule has 2 fully saturated rings. The van der Waals surface area contributed by atoms with Gasteiger partial charge in [0, 0.05) is 12.1 Å². The number of carbonyl (C=O) groups excluding carboxylic acids is 1. The van der Waals surface area contributed by atoms with Crippen LogP contribution in [0.5, 0.6) is 5.75 Å². The Labute approximate surface area is 148 Å². The van der Waals surface area contributed by atoms with Gasteiger partial charge >= 0.3 is 0 Å². The third-order valence-electron chi connectivity index (χ3n) is 5.10. The molecule has 0 heterocycles. The van der Waals surface area contributed by atoms with E-state index in [9.17, 15) is 4.79 Å². The van der Waals surface area contributed by atoms with Crippen LogP contribution in [0.15, 0.2) is 18.2 Å². The predicted molar refractivity (Wildman–Crippen MR) is 94.5 cm³/mol. The van der Waals surface area contributed by atoms with Crippen LogP contribution >= 0.6 is 24.0 Å². The second kappa shape index (κ2) is 7.73. The highest BCUT2D eigenvalue weighted by molar-refractivity contribution is 6.34. The third-order valence-corrected chi connectivity index (χ3v) is 5.41. The van der Waals surface area contributed by atoms with Gasteiger partial charge in [0.15, 0.2) is 0 Å². The van der Waals surface area contributed by atoms with Crippen molar-refractivity contribution in [2.24, 2.45) is 17.6 Å². The van der Waals surface area contributed by atoms with Gasteiger partial charge in [-0.05, 0) is 49.7 Å². The quantitative estimate of drug-likeness (QED) is 0.869. The maximum absolute atomic E-state index is 12.7. The topological polar surface area (TPSA) is 64.3 Å². The molecular weight excluding hydrogens is 335 g/mol. The molecule has 2 unspecified atom stereocenters. The van der Waals surface area contributed by atoms with E-state index in [0.29, 0.717) is 28.2 Å². The van der Waals surface area contributed by atoms with Crippen LogP contribution in [0.3, 0.4) is 0 Å². The second-order valence-electron chi connectivity index (χ2n) is 6.50. The van der Waals surface area contributed by atoms with Crippen LogP contribution < -0.4 is 15.8 Å². The number of fused-ring (bicyclic) bond motifs is 2. The molecule has 4 nitrogen and oxygen atoms in total. The summed E-state index contributed by atoms with van der Waals surface area (Å²) >= 11 is 6.20. The van der Waals surface area contributed by atoms with Crippen molar-refractivity contribution in [3.63, 3.8) is 0 Å². The molecule has 0 radical (unpaired) electrons. The number of methoxy groups -OCH3 is 1. The van der Waals surface area contributed by atoms with E-state index in [1.54, 1.807) is 25.3 Å². The van der Waals surface area contributed by atoms with Crippen LogP contribution in [0.25, 0.3) is 0 Å². The third kappa shape index (κ3) is 3.76. The van der Waals surface area contributed by atoms with Crippen molar-refractivity contribution in [1.82, 2.24) is 5.32 Å². The molecule has 1 aromatic rings. The van der Waals surface area contributed by atoms with Gasteiger partial charge in [-0.2, -0.15) is 0 Å². The number of hydrogen-bond acceptors (Lipinski definition) is 3. The summed E-state index contributed by atoms with van der Waals surface area (Å²) in [5.74, 6) is 1.35. The molecule has 3 N–H and O–H groups in total. The lowest BCUT2D eigenvalue weighted by atomic mass is 9.67. The van der Waals surface area contributed by atoms with E-state index in [4.69, 9.17) is 22.1 Å². The van der Waals surface area contributed by atoms with E-state index in [2.05, 4.69) is 5.32 Å². The number of carbonyl (C=O) groups is 1. The summed E-state index contributed by atoms with van der Waals surface area (Å²) in [7, 11) is 1.55. The van der Waals surface area contributed by atoms with Crippen molar-refractivity contribution in [1.29, 1.82) is 0 Å². The van der Waals surface area contributed by atoms with E-state index in [0.717, 1.165) is 25.7 Å². The highest BCUT2D eigenvalue weighted by Gasteiger charge is 2.40. The van der Waals surface area contributed by atoms with Gasteiger partial charge < -0.3 is 15.8 Å². The van der Waals surface area contributed by atoms with E-state index in [1.807, 2.05) is 0 Å². The Morgan fingerprint density at radius 3 is 2.57 bits per heavy atom. The summed E-state index contributed by atoms with van der Waals surface area (Å²) < 4.78 is 5.28. The van der Waals surface area contributed by atoms with Crippen LogP contribution in [0.4, 0.5) is 0 Å². The molecule has 2 saturated carbocycles. The largest absolute Gasteiger partial charge is 0.496 e. The van der Waals surface area contributed by atoms with Gasteiger partial charge in [0.05, 0.1) is 17.7 Å². The summed E-state index contributed by atoms with van der Waals surface area (Å²) in [5.41, 5.74) is 6.58. The first-order valence-electron chi connectivity index (χ1n) is 7.99. The molecule has 1 aromatic carbocycles. The fourth-order valence-electron chi connectivity index (χ4n) is 4.14. The molecule has 2 aliphatic rings. The van der Waals surface area contributed by atoms with Gasteiger partial charge in [0.25, 0.3) is 5.91 Å². The molecule has 0 aliphatic heterocycles. The van der Waals surface area contributed by atoms with Crippen molar-refractivity contribution in [3.05, 3.63) is 28.8 Å². The number of ether oxygens (including phenoxy) is 1. The Morgan fingerprint density at radius 1 is 1.30 bits per heavy atom. The van der Waals surface area contributed by atoms with Crippen molar-refractivity contribution < 1.29 is 9.53 Å². The minimum absolute atomic E-state index is 0. The first-order valence-corrected chi connectivity index (χ1v) is 8.37. The average molecular weight is 359 g/mol. The van der Waals surface area contributed by atoms with Gasteiger partial charge in [-0.15, -0.1) is 12.4 Å². The SMILES string of the molecule is COc1cccc(Cl)c1C(=O)NC1C2CCCC1CC(N)C2.Cl. The van der Waals surface area contributed by atoms with Crippen LogP contribution in [0, 0.1) is 11.8 Å². The highest BCUT2D eigenvalue weighted by Crippen LogP contribution is 2.40. The maximum Gasteiger partial charge on any atom is 0.256 e. The van der Waals surface area contributed by atoms with E-state index >= 15 is 0 Å². The predicted octanol–water partition coefficient (Wildman–Crippen LogP) is 3.41. The first kappa shape index (κ1) is 18.4. The summed E-state index contributed by atoms with van der Waals surface area (Å²) in [4.78, 5) is 12.7. The monoisotopic (exact) mass is 358 g/mol. The zero-order valence-electron chi connectivity index (χ0n) is 13.3. The average Bonchev–Trinajstić information content (AvgIpc) is 2.47. The number of hydrogen-bond donors (Lipinski definition) is 2. The van der Waals surface area contributed by atoms with Gasteiger partial charge in [-0.25, -0.2) is 0 Å². The van der Waals surface area contributed by atoms with Gasteiger partial charge in [0.1, 0.15) is 5.75 Å². The number of benzene rings is 1. The van der Waals surface area contributed by atoms with Crippen molar-refractivity contribution >= 4 is 29.9 Å². The van der Waals surface area contributed by atoms with Gasteiger partial charge in [-0.1, -0.05) is 24.1 Å². The van der Waals surface area contributed by atoms with E-state index in [-0.39, 0.29) is 30.4 Å². The van der Waals surface area contributed by atoms with Crippen molar-refractivity contribution in [2.45, 2.75) is 44.2 Å². The molecule has 2 bridgehead atoms. The van der Waals surface area contributed by atoms with Crippen molar-refractivity contribution in [3.8, 4) is 5.75 Å². The van der Waals surface area contributed by atoms with Crippen molar-refractivity contribution in [2.75, 3.05) is 7.11 Å². The second-order valence-corrected chi connectivity index (χ2v) is 6.91. The molecule has 2 atom stereocenters.